The SMILES string of the molecule is Cc1ccccc1C1=C[C@H]2C[C@@H]1CN2C(=O)Cc1c(C)c2c(F)c(F)ccc2[nH]c1=O. The van der Waals surface area contributed by atoms with Gasteiger partial charge in [-0.25, -0.2) is 8.78 Å². The van der Waals surface area contributed by atoms with Crippen LogP contribution in [0.3, 0.4) is 0 Å². The minimum absolute atomic E-state index is 0.00105. The Labute approximate surface area is 178 Å². The number of H-pyrrole nitrogens is 1. The molecule has 1 aromatic heterocycles. The van der Waals surface area contributed by atoms with Crippen molar-refractivity contribution in [3.05, 3.63) is 86.7 Å². The van der Waals surface area contributed by atoms with Gasteiger partial charge in [0.1, 0.15) is 0 Å². The average molecular weight is 420 g/mol. The summed E-state index contributed by atoms with van der Waals surface area (Å²) in [6, 6.07) is 10.6. The molecule has 158 valence electrons. The average Bonchev–Trinajstić information content (AvgIpc) is 3.35. The van der Waals surface area contributed by atoms with Crippen molar-refractivity contribution in [3.63, 3.8) is 0 Å². The molecule has 1 saturated heterocycles. The normalized spacial score (nSPS) is 19.9. The number of hydrogen-bond acceptors (Lipinski definition) is 2. The summed E-state index contributed by atoms with van der Waals surface area (Å²) in [6.45, 7) is 4.26. The highest BCUT2D eigenvalue weighted by Crippen LogP contribution is 2.43. The number of benzene rings is 2. The molecule has 0 saturated carbocycles. The minimum Gasteiger partial charge on any atom is -0.335 e. The molecule has 3 aromatic rings. The highest BCUT2D eigenvalue weighted by Gasteiger charge is 2.41. The number of fused-ring (bicyclic) bond motifs is 3. The summed E-state index contributed by atoms with van der Waals surface area (Å²) >= 11 is 0. The molecule has 2 heterocycles. The molecule has 1 amide bonds. The van der Waals surface area contributed by atoms with Crippen molar-refractivity contribution >= 4 is 22.4 Å². The summed E-state index contributed by atoms with van der Waals surface area (Å²) in [5, 5.41) is 0.0204. The van der Waals surface area contributed by atoms with Crippen molar-refractivity contribution in [1.29, 1.82) is 0 Å². The quantitative estimate of drug-likeness (QED) is 0.688. The molecule has 1 fully saturated rings. The maximum absolute atomic E-state index is 14.4. The lowest BCUT2D eigenvalue weighted by Gasteiger charge is -2.27. The van der Waals surface area contributed by atoms with Crippen molar-refractivity contribution in [2.75, 3.05) is 6.54 Å². The largest absolute Gasteiger partial charge is 0.335 e. The summed E-state index contributed by atoms with van der Waals surface area (Å²) in [5.41, 5.74) is 4.00. The van der Waals surface area contributed by atoms with Gasteiger partial charge in [0.05, 0.1) is 18.0 Å². The predicted octanol–water partition coefficient (Wildman–Crippen LogP) is 4.28. The lowest BCUT2D eigenvalue weighted by Crippen LogP contribution is -2.38. The molecule has 0 radical (unpaired) electrons. The van der Waals surface area contributed by atoms with E-state index in [9.17, 15) is 18.4 Å². The fourth-order valence-corrected chi connectivity index (χ4v) is 5.09. The van der Waals surface area contributed by atoms with E-state index in [1.807, 2.05) is 12.1 Å². The molecule has 1 N–H and O–H groups in total. The van der Waals surface area contributed by atoms with Gasteiger partial charge < -0.3 is 9.88 Å². The van der Waals surface area contributed by atoms with Crippen LogP contribution in [-0.2, 0) is 11.2 Å². The third kappa shape index (κ3) is 3.09. The van der Waals surface area contributed by atoms with Crippen molar-refractivity contribution in [3.8, 4) is 0 Å². The van der Waals surface area contributed by atoms with Gasteiger partial charge in [-0.15, -0.1) is 0 Å². The smallest absolute Gasteiger partial charge is 0.252 e. The first-order valence-electron chi connectivity index (χ1n) is 10.4. The number of aromatic nitrogens is 1. The monoisotopic (exact) mass is 420 g/mol. The first kappa shape index (κ1) is 19.7. The van der Waals surface area contributed by atoms with Crippen molar-refractivity contribution in [2.24, 2.45) is 5.92 Å². The first-order valence-corrected chi connectivity index (χ1v) is 10.4. The van der Waals surface area contributed by atoms with Crippen LogP contribution in [0.4, 0.5) is 8.78 Å². The highest BCUT2D eigenvalue weighted by atomic mass is 19.2. The van der Waals surface area contributed by atoms with Crippen LogP contribution in [0.15, 0.2) is 47.3 Å². The third-order valence-corrected chi connectivity index (χ3v) is 6.70. The number of amides is 1. The molecule has 0 spiro atoms. The summed E-state index contributed by atoms with van der Waals surface area (Å²) in [6.07, 6.45) is 2.90. The van der Waals surface area contributed by atoms with Gasteiger partial charge in [-0.1, -0.05) is 30.3 Å². The fraction of sp³-hybridized carbons (Fsp3) is 0.280. The summed E-state index contributed by atoms with van der Waals surface area (Å²) in [4.78, 5) is 30.1. The molecule has 1 aliphatic carbocycles. The Kier molecular flexibility index (Phi) is 4.54. The molecular weight excluding hydrogens is 398 g/mol. The van der Waals surface area contributed by atoms with E-state index in [2.05, 4.69) is 30.1 Å². The van der Waals surface area contributed by atoms with E-state index in [0.717, 1.165) is 12.5 Å². The second kappa shape index (κ2) is 7.15. The highest BCUT2D eigenvalue weighted by molar-refractivity contribution is 5.87. The Morgan fingerprint density at radius 3 is 2.65 bits per heavy atom. The number of rotatable bonds is 3. The lowest BCUT2D eigenvalue weighted by molar-refractivity contribution is -0.130. The van der Waals surface area contributed by atoms with Gasteiger partial charge in [-0.2, -0.15) is 0 Å². The van der Waals surface area contributed by atoms with Gasteiger partial charge >= 0.3 is 0 Å². The zero-order chi connectivity index (χ0) is 21.9. The van der Waals surface area contributed by atoms with E-state index in [-0.39, 0.29) is 40.8 Å². The van der Waals surface area contributed by atoms with Gasteiger partial charge in [0.25, 0.3) is 5.56 Å². The summed E-state index contributed by atoms with van der Waals surface area (Å²) in [7, 11) is 0. The fourth-order valence-electron chi connectivity index (χ4n) is 5.09. The molecule has 2 atom stereocenters. The number of pyridine rings is 1. The van der Waals surface area contributed by atoms with E-state index in [1.54, 1.807) is 11.8 Å². The van der Waals surface area contributed by atoms with Gasteiger partial charge in [0, 0.05) is 23.4 Å². The van der Waals surface area contributed by atoms with Gasteiger partial charge in [-0.3, -0.25) is 9.59 Å². The predicted molar refractivity (Wildman–Crippen MR) is 116 cm³/mol. The van der Waals surface area contributed by atoms with Crippen LogP contribution in [0.1, 0.15) is 28.7 Å². The van der Waals surface area contributed by atoms with Crippen molar-refractivity contribution in [2.45, 2.75) is 32.7 Å². The molecule has 2 aliphatic rings. The van der Waals surface area contributed by atoms with E-state index in [1.165, 1.54) is 22.8 Å². The Hall–Kier alpha value is -3.28. The standard InChI is InChI=1S/C25H22F2N2O2/c1-13-5-3-4-6-17(13)19-10-16-9-15(19)12-29(16)22(30)11-18-14(2)23-21(28-25(18)31)8-7-20(26)24(23)27/h3-8,10,15-16H,9,11-12H2,1-2H3,(H,28,31)/t15-,16-/m1/s1. The lowest BCUT2D eigenvalue weighted by atomic mass is 9.92. The van der Waals surface area contributed by atoms with E-state index in [0.29, 0.717) is 12.1 Å². The maximum Gasteiger partial charge on any atom is 0.252 e. The third-order valence-electron chi connectivity index (χ3n) is 6.70. The summed E-state index contributed by atoms with van der Waals surface area (Å²) in [5.74, 6) is -1.88. The number of likely N-dealkylation sites (tertiary alicyclic amines) is 1. The number of nitrogens with one attached hydrogen (secondary N) is 1. The zero-order valence-corrected chi connectivity index (χ0v) is 17.3. The molecule has 2 aromatic carbocycles. The Bertz CT molecular complexity index is 1330. The number of aromatic amines is 1. The molecule has 6 heteroatoms. The molecule has 0 unspecified atom stereocenters. The number of carbonyl (C=O) groups is 1. The Morgan fingerprint density at radius 1 is 1.16 bits per heavy atom. The van der Waals surface area contributed by atoms with Crippen LogP contribution in [0, 0.1) is 31.4 Å². The topological polar surface area (TPSA) is 53.2 Å². The number of nitrogens with zero attached hydrogens (tertiary/aromatic N) is 1. The number of aryl methyl sites for hydroxylation is 2. The Balaban J connectivity index is 1.44. The van der Waals surface area contributed by atoms with Crippen LogP contribution in [0.25, 0.3) is 16.5 Å². The number of carbonyl (C=O) groups excluding carboxylic acids is 1. The Morgan fingerprint density at radius 2 is 1.94 bits per heavy atom. The zero-order valence-electron chi connectivity index (χ0n) is 17.3. The molecule has 31 heavy (non-hydrogen) atoms. The van der Waals surface area contributed by atoms with E-state index >= 15 is 0 Å². The molecule has 1 aliphatic heterocycles. The van der Waals surface area contributed by atoms with Gasteiger partial charge in [-0.05, 0) is 54.7 Å². The maximum atomic E-state index is 14.4. The van der Waals surface area contributed by atoms with Gasteiger partial charge in [0.15, 0.2) is 11.6 Å². The summed E-state index contributed by atoms with van der Waals surface area (Å²) < 4.78 is 28.1. The van der Waals surface area contributed by atoms with Crippen LogP contribution >= 0.6 is 0 Å². The second-order valence-electron chi connectivity index (χ2n) is 8.50. The van der Waals surface area contributed by atoms with Crippen LogP contribution in [-0.4, -0.2) is 28.4 Å². The molecule has 4 nitrogen and oxygen atoms in total. The van der Waals surface area contributed by atoms with E-state index < -0.39 is 17.2 Å². The number of halogens is 2. The second-order valence-corrected chi connectivity index (χ2v) is 8.50. The van der Waals surface area contributed by atoms with Crippen LogP contribution < -0.4 is 5.56 Å². The number of hydrogen-bond donors (Lipinski definition) is 1. The van der Waals surface area contributed by atoms with Gasteiger partial charge in [0.2, 0.25) is 5.91 Å². The van der Waals surface area contributed by atoms with Crippen LogP contribution in [0.2, 0.25) is 0 Å². The first-order chi connectivity index (χ1) is 14.8. The molecule has 5 rings (SSSR count). The minimum atomic E-state index is -1.01. The molecular formula is C25H22F2N2O2. The van der Waals surface area contributed by atoms with Crippen LogP contribution in [0.5, 0.6) is 0 Å². The van der Waals surface area contributed by atoms with E-state index in [4.69, 9.17) is 0 Å². The van der Waals surface area contributed by atoms with Crippen molar-refractivity contribution in [1.82, 2.24) is 9.88 Å². The molecule has 2 bridgehead atoms. The van der Waals surface area contributed by atoms with Crippen molar-refractivity contribution < 1.29 is 13.6 Å².